The molecule has 0 aromatic heterocycles. The molecule has 0 saturated heterocycles. The van der Waals surface area contributed by atoms with Crippen molar-refractivity contribution in [1.82, 2.24) is 4.72 Å². The first-order valence-corrected chi connectivity index (χ1v) is 7.09. The predicted molar refractivity (Wildman–Crippen MR) is 65.4 cm³/mol. The van der Waals surface area contributed by atoms with Crippen LogP contribution >= 0.6 is 11.6 Å². The maximum absolute atomic E-state index is 11.9. The Morgan fingerprint density at radius 2 is 1.78 bits per heavy atom. The molecule has 1 N–H and O–H groups in total. The predicted octanol–water partition coefficient (Wildman–Crippen LogP) is 0.393. The Hall–Kier alpha value is -1.11. The van der Waals surface area contributed by atoms with Crippen molar-refractivity contribution in [2.75, 3.05) is 0 Å². The summed E-state index contributed by atoms with van der Waals surface area (Å²) in [7, 11) is -3.90. The number of sulfonamides is 1. The van der Waals surface area contributed by atoms with Gasteiger partial charge in [-0.2, -0.15) is 0 Å². The van der Waals surface area contributed by atoms with Crippen molar-refractivity contribution in [3.8, 4) is 0 Å². The highest BCUT2D eigenvalue weighted by Crippen LogP contribution is 2.15. The molecule has 0 heterocycles. The molecule has 18 heavy (non-hydrogen) atoms. The van der Waals surface area contributed by atoms with Gasteiger partial charge in [0.25, 0.3) is 0 Å². The fourth-order valence-electron chi connectivity index (χ4n) is 1.31. The van der Waals surface area contributed by atoms with E-state index in [0.29, 0.717) is 5.02 Å². The zero-order valence-electron chi connectivity index (χ0n) is 9.88. The molecule has 0 unspecified atom stereocenters. The summed E-state index contributed by atoms with van der Waals surface area (Å²) in [6, 6.07) is 4.17. The number of halogens is 1. The number of carboxylic acid groups (broad SMARTS) is 1. The molecule has 1 atom stereocenters. The van der Waals surface area contributed by atoms with Gasteiger partial charge >= 0.3 is 0 Å². The Morgan fingerprint density at radius 3 is 2.17 bits per heavy atom. The van der Waals surface area contributed by atoms with Crippen LogP contribution in [0.5, 0.6) is 0 Å². The Balaban J connectivity index is 3.01. The average molecular weight is 291 g/mol. The van der Waals surface area contributed by atoms with E-state index in [1.54, 1.807) is 13.8 Å². The molecular formula is C11H13ClNO4S-. The lowest BCUT2D eigenvalue weighted by Gasteiger charge is -2.23. The minimum absolute atomic E-state index is 0.0428. The number of rotatable bonds is 5. The highest BCUT2D eigenvalue weighted by atomic mass is 35.5. The third-order valence-electron chi connectivity index (χ3n) is 2.33. The monoisotopic (exact) mass is 290 g/mol. The van der Waals surface area contributed by atoms with Crippen LogP contribution in [0.15, 0.2) is 29.2 Å². The molecule has 100 valence electrons. The number of nitrogens with one attached hydrogen (secondary N) is 1. The van der Waals surface area contributed by atoms with Gasteiger partial charge < -0.3 is 9.90 Å². The number of hydrogen-bond donors (Lipinski definition) is 1. The van der Waals surface area contributed by atoms with E-state index in [2.05, 4.69) is 4.72 Å². The molecule has 0 bridgehead atoms. The molecule has 0 fully saturated rings. The lowest BCUT2D eigenvalue weighted by Crippen LogP contribution is -2.50. The van der Waals surface area contributed by atoms with Crippen LogP contribution < -0.4 is 9.83 Å². The van der Waals surface area contributed by atoms with Gasteiger partial charge in [-0.05, 0) is 30.2 Å². The van der Waals surface area contributed by atoms with Crippen molar-refractivity contribution in [3.05, 3.63) is 29.3 Å². The quantitative estimate of drug-likeness (QED) is 0.850. The smallest absolute Gasteiger partial charge is 0.241 e. The molecule has 1 rings (SSSR count). The van der Waals surface area contributed by atoms with Gasteiger partial charge in [-0.3, -0.25) is 0 Å². The third kappa shape index (κ3) is 3.69. The van der Waals surface area contributed by atoms with Crippen LogP contribution in [0.1, 0.15) is 13.8 Å². The highest BCUT2D eigenvalue weighted by molar-refractivity contribution is 7.89. The molecule has 0 saturated carbocycles. The van der Waals surface area contributed by atoms with Crippen LogP contribution in [0.3, 0.4) is 0 Å². The zero-order chi connectivity index (χ0) is 13.9. The Bertz CT molecular complexity index is 524. The molecule has 0 aliphatic carbocycles. The van der Waals surface area contributed by atoms with E-state index in [9.17, 15) is 18.3 Å². The van der Waals surface area contributed by atoms with Crippen molar-refractivity contribution < 1.29 is 18.3 Å². The molecule has 7 heteroatoms. The summed E-state index contributed by atoms with van der Waals surface area (Å²) in [6.07, 6.45) is 0. The SMILES string of the molecule is CC(C)[C@@H](NS(=O)(=O)c1ccc(Cl)cc1)C(=O)[O-]. The number of benzene rings is 1. The number of aliphatic carboxylic acids is 1. The number of carbonyl (C=O) groups is 1. The van der Waals surface area contributed by atoms with Crippen LogP contribution in [0.25, 0.3) is 0 Å². The van der Waals surface area contributed by atoms with Gasteiger partial charge in [-0.15, -0.1) is 0 Å². The van der Waals surface area contributed by atoms with E-state index in [1.165, 1.54) is 24.3 Å². The summed E-state index contributed by atoms with van der Waals surface area (Å²) in [5.41, 5.74) is 0. The van der Waals surface area contributed by atoms with E-state index >= 15 is 0 Å². The van der Waals surface area contributed by atoms with Crippen molar-refractivity contribution >= 4 is 27.6 Å². The first kappa shape index (κ1) is 14.9. The molecule has 0 radical (unpaired) electrons. The molecule has 0 spiro atoms. The normalized spacial score (nSPS) is 13.6. The van der Waals surface area contributed by atoms with E-state index < -0.39 is 28.0 Å². The molecule has 0 aliphatic heterocycles. The van der Waals surface area contributed by atoms with Crippen LogP contribution in [0.2, 0.25) is 5.02 Å². The maximum atomic E-state index is 11.9. The van der Waals surface area contributed by atoms with Crippen LogP contribution in [0, 0.1) is 5.92 Å². The topological polar surface area (TPSA) is 86.3 Å². The van der Waals surface area contributed by atoms with Gasteiger partial charge in [-0.1, -0.05) is 25.4 Å². The molecule has 5 nitrogen and oxygen atoms in total. The summed E-state index contributed by atoms with van der Waals surface area (Å²) in [4.78, 5) is 10.8. The standard InChI is InChI=1S/C11H14ClNO4S/c1-7(2)10(11(14)15)13-18(16,17)9-5-3-8(12)4-6-9/h3-7,10,13H,1-2H3,(H,14,15)/p-1/t10-/m1/s1. The first-order valence-electron chi connectivity index (χ1n) is 5.23. The van der Waals surface area contributed by atoms with Crippen molar-refractivity contribution in [1.29, 1.82) is 0 Å². The van der Waals surface area contributed by atoms with Crippen LogP contribution in [-0.4, -0.2) is 20.4 Å². The molecule has 1 aromatic carbocycles. The summed E-state index contributed by atoms with van der Waals surface area (Å²) < 4.78 is 25.9. The van der Waals surface area contributed by atoms with Crippen molar-refractivity contribution in [2.45, 2.75) is 24.8 Å². The number of carboxylic acids is 1. The largest absolute Gasteiger partial charge is 0.548 e. The summed E-state index contributed by atoms with van der Waals surface area (Å²) in [5, 5.41) is 11.2. The second-order valence-electron chi connectivity index (χ2n) is 4.12. The number of hydrogen-bond acceptors (Lipinski definition) is 4. The Labute approximate surface area is 111 Å². The molecular weight excluding hydrogens is 278 g/mol. The maximum Gasteiger partial charge on any atom is 0.241 e. The van der Waals surface area contributed by atoms with Gasteiger partial charge in [0.15, 0.2) is 0 Å². The van der Waals surface area contributed by atoms with E-state index in [-0.39, 0.29) is 4.90 Å². The van der Waals surface area contributed by atoms with Gasteiger partial charge in [0.05, 0.1) is 16.9 Å². The van der Waals surface area contributed by atoms with Crippen LogP contribution in [-0.2, 0) is 14.8 Å². The van der Waals surface area contributed by atoms with Crippen molar-refractivity contribution in [3.63, 3.8) is 0 Å². The Morgan fingerprint density at radius 1 is 1.28 bits per heavy atom. The summed E-state index contributed by atoms with van der Waals surface area (Å²) >= 11 is 5.65. The summed E-state index contributed by atoms with van der Waals surface area (Å²) in [5.74, 6) is -1.88. The minimum Gasteiger partial charge on any atom is -0.548 e. The summed E-state index contributed by atoms with van der Waals surface area (Å²) in [6.45, 7) is 3.18. The van der Waals surface area contributed by atoms with Gasteiger partial charge in [0, 0.05) is 5.02 Å². The van der Waals surface area contributed by atoms with Gasteiger partial charge in [0.1, 0.15) is 0 Å². The second-order valence-corrected chi connectivity index (χ2v) is 6.27. The number of carbonyl (C=O) groups excluding carboxylic acids is 1. The second kappa shape index (κ2) is 5.69. The lowest BCUT2D eigenvalue weighted by atomic mass is 10.1. The fraction of sp³-hybridized carbons (Fsp3) is 0.364. The lowest BCUT2D eigenvalue weighted by molar-refractivity contribution is -0.309. The van der Waals surface area contributed by atoms with E-state index in [0.717, 1.165) is 0 Å². The zero-order valence-corrected chi connectivity index (χ0v) is 11.5. The van der Waals surface area contributed by atoms with E-state index in [1.807, 2.05) is 0 Å². The highest BCUT2D eigenvalue weighted by Gasteiger charge is 2.23. The van der Waals surface area contributed by atoms with E-state index in [4.69, 9.17) is 11.6 Å². The third-order valence-corrected chi connectivity index (χ3v) is 4.04. The minimum atomic E-state index is -3.90. The van der Waals surface area contributed by atoms with Gasteiger partial charge in [-0.25, -0.2) is 13.1 Å². The molecule has 0 aliphatic rings. The Kier molecular flexibility index (Phi) is 4.72. The van der Waals surface area contributed by atoms with Gasteiger partial charge in [0.2, 0.25) is 10.0 Å². The average Bonchev–Trinajstić information content (AvgIpc) is 2.26. The fourth-order valence-corrected chi connectivity index (χ4v) is 2.76. The molecule has 0 amide bonds. The molecule has 1 aromatic rings. The van der Waals surface area contributed by atoms with Crippen molar-refractivity contribution in [2.24, 2.45) is 5.92 Å². The first-order chi connectivity index (χ1) is 8.24. The van der Waals surface area contributed by atoms with Crippen LogP contribution in [0.4, 0.5) is 0 Å².